The normalized spacial score (nSPS) is 13.9. The number of amides is 2. The maximum atomic E-state index is 14.0. The number of aliphatic hydroxyl groups excluding tert-OH is 1. The van der Waals surface area contributed by atoms with Crippen molar-refractivity contribution in [1.82, 2.24) is 24.6 Å². The van der Waals surface area contributed by atoms with Crippen LogP contribution in [0.25, 0.3) is 16.8 Å². The van der Waals surface area contributed by atoms with Gasteiger partial charge in [-0.25, -0.2) is 13.6 Å². The van der Waals surface area contributed by atoms with Crippen molar-refractivity contribution in [2.75, 3.05) is 44.6 Å². The van der Waals surface area contributed by atoms with E-state index in [1.807, 2.05) is 4.90 Å². The Kier molecular flexibility index (Phi) is 10.1. The third-order valence-electron chi connectivity index (χ3n) is 7.50. The fourth-order valence-corrected chi connectivity index (χ4v) is 5.14. The molecular formula is C32H32F4N6O5. The molecule has 1 saturated heterocycles. The van der Waals surface area contributed by atoms with Crippen LogP contribution in [0.1, 0.15) is 28.5 Å². The van der Waals surface area contributed by atoms with Gasteiger partial charge in [-0.2, -0.15) is 18.6 Å². The summed E-state index contributed by atoms with van der Waals surface area (Å²) in [6.45, 7) is 1.10. The van der Waals surface area contributed by atoms with E-state index in [-0.39, 0.29) is 65.1 Å². The lowest BCUT2D eigenvalue weighted by atomic mass is 10.1. The van der Waals surface area contributed by atoms with Crippen LogP contribution in [-0.2, 0) is 5.92 Å². The largest absolute Gasteiger partial charge is 0.434 e. The van der Waals surface area contributed by atoms with E-state index >= 15 is 0 Å². The number of pyridine rings is 1. The Morgan fingerprint density at radius 2 is 1.83 bits per heavy atom. The Morgan fingerprint density at radius 3 is 2.49 bits per heavy atom. The van der Waals surface area contributed by atoms with E-state index in [2.05, 4.69) is 15.4 Å². The molecule has 15 heteroatoms. The van der Waals surface area contributed by atoms with Crippen molar-refractivity contribution in [3.8, 4) is 28.4 Å². The number of aliphatic hydroxyl groups is 1. The zero-order valence-corrected chi connectivity index (χ0v) is 25.5. The highest BCUT2D eigenvalue weighted by Gasteiger charge is 2.31. The lowest BCUT2D eigenvalue weighted by Gasteiger charge is -2.33. The molecule has 0 spiro atoms. The fourth-order valence-electron chi connectivity index (χ4n) is 5.14. The topological polar surface area (TPSA) is 122 Å². The van der Waals surface area contributed by atoms with Gasteiger partial charge in [0.1, 0.15) is 11.3 Å². The van der Waals surface area contributed by atoms with Crippen molar-refractivity contribution in [3.05, 3.63) is 83.8 Å². The third-order valence-corrected chi connectivity index (χ3v) is 7.50. The lowest BCUT2D eigenvalue weighted by Crippen LogP contribution is -2.50. The molecule has 0 aliphatic carbocycles. The van der Waals surface area contributed by atoms with Crippen LogP contribution in [0.3, 0.4) is 0 Å². The molecule has 0 atom stereocenters. The smallest absolute Gasteiger partial charge is 0.416 e. The first-order chi connectivity index (χ1) is 22.4. The summed E-state index contributed by atoms with van der Waals surface area (Å²) in [6.07, 6.45) is 2.19. The number of hydrogen-bond acceptors (Lipinski definition) is 8. The number of halogens is 4. The van der Waals surface area contributed by atoms with Gasteiger partial charge in [-0.05, 0) is 43.3 Å². The molecule has 2 N–H and O–H groups in total. The highest BCUT2D eigenvalue weighted by molar-refractivity contribution is 6.07. The molecule has 0 saturated carbocycles. The number of ether oxygens (including phenoxy) is 2. The second-order valence-corrected chi connectivity index (χ2v) is 10.8. The Labute approximate surface area is 267 Å². The van der Waals surface area contributed by atoms with Crippen molar-refractivity contribution in [2.24, 2.45) is 0 Å². The summed E-state index contributed by atoms with van der Waals surface area (Å²) in [5.41, 5.74) is 0.640. The quantitative estimate of drug-likeness (QED) is 0.220. The Morgan fingerprint density at radius 1 is 1.06 bits per heavy atom. The first kappa shape index (κ1) is 33.3. The number of nitrogens with one attached hydrogen (secondary N) is 1. The minimum Gasteiger partial charge on any atom is -0.434 e. The van der Waals surface area contributed by atoms with E-state index in [0.717, 1.165) is 13.0 Å². The van der Waals surface area contributed by atoms with Gasteiger partial charge in [-0.15, -0.1) is 0 Å². The van der Waals surface area contributed by atoms with E-state index in [9.17, 15) is 32.3 Å². The van der Waals surface area contributed by atoms with E-state index < -0.39 is 24.5 Å². The number of carbonyl (C=O) groups is 2. The molecule has 0 unspecified atom stereocenters. The second kappa shape index (κ2) is 14.2. The zero-order valence-electron chi connectivity index (χ0n) is 25.5. The predicted molar refractivity (Wildman–Crippen MR) is 163 cm³/mol. The van der Waals surface area contributed by atoms with Crippen molar-refractivity contribution in [2.45, 2.75) is 26.4 Å². The van der Waals surface area contributed by atoms with Crippen LogP contribution in [0.2, 0.25) is 0 Å². The van der Waals surface area contributed by atoms with Gasteiger partial charge in [0.2, 0.25) is 5.88 Å². The summed E-state index contributed by atoms with van der Waals surface area (Å²) in [5.74, 6) is -4.37. The van der Waals surface area contributed by atoms with E-state index in [1.165, 1.54) is 65.3 Å². The van der Waals surface area contributed by atoms with Gasteiger partial charge in [-0.1, -0.05) is 18.2 Å². The Bertz CT molecular complexity index is 1720. The number of β-amino-alcohol motifs (C(OH)–C–C–N with tert-alkyl or cyclic N) is 1. The monoisotopic (exact) mass is 656 g/mol. The van der Waals surface area contributed by atoms with Crippen LogP contribution in [0.15, 0.2) is 67.0 Å². The number of carbonyl (C=O) groups excluding carboxylic acids is 2. The second-order valence-electron chi connectivity index (χ2n) is 10.8. The van der Waals surface area contributed by atoms with E-state index in [1.54, 1.807) is 12.1 Å². The number of rotatable bonds is 10. The summed E-state index contributed by atoms with van der Waals surface area (Å²) < 4.78 is 66.3. The molecule has 0 bridgehead atoms. The van der Waals surface area contributed by atoms with Crippen LogP contribution in [0, 0.1) is 6.92 Å². The van der Waals surface area contributed by atoms with Crippen LogP contribution < -0.4 is 14.8 Å². The van der Waals surface area contributed by atoms with Crippen molar-refractivity contribution in [3.63, 3.8) is 0 Å². The molecule has 4 aromatic rings. The number of nitrogens with zero attached hydrogens (tertiary/aromatic N) is 5. The standard InChI is InChI=1S/C32H32F4N6O5/c1-20-27(28(44)38-23-7-3-6-22(17-23)32(2,35)36)29(47-31(45)41-13-11-40(12-14-41)15-16-43)42(39-20)24-8-9-26(46-30(33)34)25(18-24)21-5-4-10-37-19-21/h3-10,17-19,30,43H,11-16H2,1-2H3,(H,38,44). The minimum absolute atomic E-state index is 0.0254. The van der Waals surface area contributed by atoms with Crippen LogP contribution in [0.4, 0.5) is 28.0 Å². The SMILES string of the molecule is Cc1nn(-c2ccc(OC(F)F)c(-c3cccnc3)c2)c(OC(=O)N2CCN(CCO)CC2)c1C(=O)Nc1cccc(C(C)(F)F)c1. The molecule has 2 aromatic carbocycles. The van der Waals surface area contributed by atoms with Crippen LogP contribution in [0.5, 0.6) is 11.6 Å². The van der Waals surface area contributed by atoms with Gasteiger partial charge in [-0.3, -0.25) is 14.7 Å². The Balaban J connectivity index is 1.55. The van der Waals surface area contributed by atoms with Crippen molar-refractivity contribution in [1.29, 1.82) is 0 Å². The van der Waals surface area contributed by atoms with Gasteiger partial charge in [0.25, 0.3) is 11.8 Å². The molecule has 2 aromatic heterocycles. The molecule has 5 rings (SSSR count). The number of hydrogen-bond donors (Lipinski definition) is 2. The van der Waals surface area contributed by atoms with Gasteiger partial charge >= 0.3 is 12.7 Å². The predicted octanol–water partition coefficient (Wildman–Crippen LogP) is 5.32. The summed E-state index contributed by atoms with van der Waals surface area (Å²) in [7, 11) is 0. The van der Waals surface area contributed by atoms with Gasteiger partial charge in [0.15, 0.2) is 0 Å². The van der Waals surface area contributed by atoms with Gasteiger partial charge in [0, 0.05) is 74.4 Å². The van der Waals surface area contributed by atoms with Crippen LogP contribution in [-0.4, -0.2) is 87.6 Å². The molecule has 47 heavy (non-hydrogen) atoms. The number of piperazine rings is 1. The lowest BCUT2D eigenvalue weighted by molar-refractivity contribution is -0.0494. The van der Waals surface area contributed by atoms with Gasteiger partial charge < -0.3 is 24.8 Å². The molecule has 3 heterocycles. The highest BCUT2D eigenvalue weighted by Crippen LogP contribution is 2.36. The van der Waals surface area contributed by atoms with E-state index in [0.29, 0.717) is 25.2 Å². The van der Waals surface area contributed by atoms with Gasteiger partial charge in [0.05, 0.1) is 18.0 Å². The highest BCUT2D eigenvalue weighted by atomic mass is 19.3. The summed E-state index contributed by atoms with van der Waals surface area (Å²) in [6, 6.07) is 12.6. The molecular weight excluding hydrogens is 624 g/mol. The third kappa shape index (κ3) is 7.86. The first-order valence-corrected chi connectivity index (χ1v) is 14.6. The van der Waals surface area contributed by atoms with Crippen LogP contribution >= 0.6 is 0 Å². The minimum atomic E-state index is -3.16. The molecule has 1 fully saturated rings. The molecule has 11 nitrogen and oxygen atoms in total. The summed E-state index contributed by atoms with van der Waals surface area (Å²) >= 11 is 0. The first-order valence-electron chi connectivity index (χ1n) is 14.6. The maximum Gasteiger partial charge on any atom is 0.416 e. The average Bonchev–Trinajstić information content (AvgIpc) is 3.36. The number of anilines is 1. The molecule has 1 aliphatic rings. The molecule has 0 radical (unpaired) electrons. The molecule has 2 amide bonds. The molecule has 248 valence electrons. The number of aromatic nitrogens is 3. The number of benzene rings is 2. The Hall–Kier alpha value is -5.02. The number of alkyl halides is 4. The summed E-state index contributed by atoms with van der Waals surface area (Å²) in [5, 5.41) is 16.3. The average molecular weight is 657 g/mol. The van der Waals surface area contributed by atoms with E-state index in [4.69, 9.17) is 9.47 Å². The van der Waals surface area contributed by atoms with Crippen molar-refractivity contribution < 1.29 is 41.7 Å². The maximum absolute atomic E-state index is 14.0. The van der Waals surface area contributed by atoms with Crippen molar-refractivity contribution >= 4 is 17.7 Å². The zero-order chi connectivity index (χ0) is 33.7. The fraction of sp³-hybridized carbons (Fsp3) is 0.312. The number of aryl methyl sites for hydroxylation is 1. The summed E-state index contributed by atoms with van der Waals surface area (Å²) in [4.78, 5) is 34.6. The molecule has 1 aliphatic heterocycles.